The number of nitrogens with one attached hydrogen (secondary N) is 2. The van der Waals surface area contributed by atoms with Crippen molar-refractivity contribution in [2.45, 2.75) is 19.8 Å². The first-order chi connectivity index (χ1) is 11.7. The Morgan fingerprint density at radius 2 is 1.92 bits per heavy atom. The quantitative estimate of drug-likeness (QED) is 0.737. The molecule has 0 unspecified atom stereocenters. The minimum atomic E-state index is -3.21. The van der Waals surface area contributed by atoms with Gasteiger partial charge >= 0.3 is 0 Å². The summed E-state index contributed by atoms with van der Waals surface area (Å²) in [5.41, 5.74) is 1.62. The van der Waals surface area contributed by atoms with Crippen LogP contribution in [0.4, 0.5) is 5.69 Å². The number of nitrogens with zero attached hydrogens (tertiary/aromatic N) is 1. The van der Waals surface area contributed by atoms with E-state index in [2.05, 4.69) is 26.6 Å². The van der Waals surface area contributed by atoms with E-state index < -0.39 is 10.0 Å². The van der Waals surface area contributed by atoms with E-state index in [0.29, 0.717) is 31.6 Å². The van der Waals surface area contributed by atoms with Crippen LogP contribution >= 0.6 is 15.9 Å². The number of carbonyl (C=O) groups is 2. The minimum Gasteiger partial charge on any atom is -0.347 e. The van der Waals surface area contributed by atoms with Gasteiger partial charge in [0.2, 0.25) is 21.8 Å². The molecule has 9 heteroatoms. The maximum absolute atomic E-state index is 12.2. The number of hydrogen-bond acceptors (Lipinski definition) is 4. The smallest absolute Gasteiger partial charge is 0.243 e. The zero-order valence-electron chi connectivity index (χ0n) is 14.2. The molecule has 1 heterocycles. The Kier molecular flexibility index (Phi) is 6.59. The van der Waals surface area contributed by atoms with E-state index in [0.717, 1.165) is 10.0 Å². The maximum atomic E-state index is 12.2. The standard InChI is InChI=1S/C16H22BrN3O4S/c1-11-9-13(17)3-4-14(11)19-15(21)10-18-16(22)12-5-7-20(8-6-12)25(2,23)24/h3-4,9,12H,5-8,10H2,1-2H3,(H,18,22)(H,19,21). The summed E-state index contributed by atoms with van der Waals surface area (Å²) in [6.07, 6.45) is 2.10. The normalized spacial score (nSPS) is 16.4. The van der Waals surface area contributed by atoms with Crippen LogP contribution < -0.4 is 10.6 Å². The van der Waals surface area contributed by atoms with Crippen LogP contribution in [0.1, 0.15) is 18.4 Å². The van der Waals surface area contributed by atoms with Crippen LogP contribution in [0.15, 0.2) is 22.7 Å². The van der Waals surface area contributed by atoms with Crippen LogP contribution in [0.3, 0.4) is 0 Å². The van der Waals surface area contributed by atoms with Gasteiger partial charge in [-0.1, -0.05) is 15.9 Å². The van der Waals surface area contributed by atoms with E-state index in [1.165, 1.54) is 10.6 Å². The fourth-order valence-corrected chi connectivity index (χ4v) is 4.07. The molecule has 2 amide bonds. The lowest BCUT2D eigenvalue weighted by molar-refractivity contribution is -0.128. The van der Waals surface area contributed by atoms with Crippen molar-refractivity contribution in [3.8, 4) is 0 Å². The van der Waals surface area contributed by atoms with Crippen LogP contribution in [0, 0.1) is 12.8 Å². The highest BCUT2D eigenvalue weighted by atomic mass is 79.9. The van der Waals surface area contributed by atoms with Gasteiger partial charge in [-0.2, -0.15) is 0 Å². The van der Waals surface area contributed by atoms with Crippen molar-refractivity contribution >= 4 is 43.5 Å². The Bertz CT molecular complexity index is 759. The Morgan fingerprint density at radius 1 is 1.28 bits per heavy atom. The summed E-state index contributed by atoms with van der Waals surface area (Å²) in [5.74, 6) is -0.775. The average Bonchev–Trinajstić information content (AvgIpc) is 2.54. The number of carbonyl (C=O) groups excluding carboxylic acids is 2. The van der Waals surface area contributed by atoms with Crippen molar-refractivity contribution < 1.29 is 18.0 Å². The third kappa shape index (κ3) is 5.79. The molecule has 1 aromatic carbocycles. The van der Waals surface area contributed by atoms with Crippen LogP contribution in [0.5, 0.6) is 0 Å². The molecule has 1 aliphatic heterocycles. The van der Waals surface area contributed by atoms with Gasteiger partial charge in [0.1, 0.15) is 0 Å². The van der Waals surface area contributed by atoms with E-state index in [9.17, 15) is 18.0 Å². The van der Waals surface area contributed by atoms with E-state index in [1.54, 1.807) is 6.07 Å². The number of hydrogen-bond donors (Lipinski definition) is 2. The highest BCUT2D eigenvalue weighted by Crippen LogP contribution is 2.20. The maximum Gasteiger partial charge on any atom is 0.243 e. The number of amides is 2. The Balaban J connectivity index is 1.79. The number of benzene rings is 1. The van der Waals surface area contributed by atoms with E-state index in [1.807, 2.05) is 19.1 Å². The molecule has 0 saturated carbocycles. The molecular weight excluding hydrogens is 410 g/mol. The highest BCUT2D eigenvalue weighted by molar-refractivity contribution is 9.10. The number of piperidine rings is 1. The molecule has 2 rings (SSSR count). The minimum absolute atomic E-state index is 0.110. The molecule has 0 spiro atoms. The molecule has 7 nitrogen and oxygen atoms in total. The third-order valence-electron chi connectivity index (χ3n) is 4.18. The summed E-state index contributed by atoms with van der Waals surface area (Å²) in [5, 5.41) is 5.39. The molecule has 1 aromatic rings. The van der Waals surface area contributed by atoms with Crippen LogP contribution in [-0.4, -0.2) is 50.4 Å². The SMILES string of the molecule is Cc1cc(Br)ccc1NC(=O)CNC(=O)C1CCN(S(C)(=O)=O)CC1. The van der Waals surface area contributed by atoms with Crippen molar-refractivity contribution in [1.82, 2.24) is 9.62 Å². The summed E-state index contributed by atoms with van der Waals surface area (Å²) in [7, 11) is -3.21. The van der Waals surface area contributed by atoms with Gasteiger partial charge in [0.05, 0.1) is 12.8 Å². The molecule has 0 bridgehead atoms. The topological polar surface area (TPSA) is 95.6 Å². The van der Waals surface area contributed by atoms with Crippen molar-refractivity contribution in [3.63, 3.8) is 0 Å². The first kappa shape index (κ1) is 19.9. The molecule has 138 valence electrons. The highest BCUT2D eigenvalue weighted by Gasteiger charge is 2.28. The lowest BCUT2D eigenvalue weighted by Gasteiger charge is -2.29. The largest absolute Gasteiger partial charge is 0.347 e. The second-order valence-electron chi connectivity index (χ2n) is 6.16. The second-order valence-corrected chi connectivity index (χ2v) is 9.06. The molecule has 0 radical (unpaired) electrons. The van der Waals surface area contributed by atoms with Crippen LogP contribution in [0.2, 0.25) is 0 Å². The van der Waals surface area contributed by atoms with Crippen molar-refractivity contribution in [2.24, 2.45) is 5.92 Å². The second kappa shape index (κ2) is 8.29. The van der Waals surface area contributed by atoms with Gasteiger partial charge in [-0.25, -0.2) is 12.7 Å². The van der Waals surface area contributed by atoms with Crippen LogP contribution in [0.25, 0.3) is 0 Å². The molecule has 1 saturated heterocycles. The number of rotatable bonds is 5. The predicted octanol–water partition coefficient (Wildman–Crippen LogP) is 1.48. The summed E-state index contributed by atoms with van der Waals surface area (Å²) in [6.45, 7) is 2.44. The van der Waals surface area contributed by atoms with Crippen LogP contribution in [-0.2, 0) is 19.6 Å². The summed E-state index contributed by atoms with van der Waals surface area (Å²) in [4.78, 5) is 24.2. The fraction of sp³-hybridized carbons (Fsp3) is 0.500. The van der Waals surface area contributed by atoms with Gasteiger partial charge in [-0.15, -0.1) is 0 Å². The average molecular weight is 432 g/mol. The number of anilines is 1. The molecular formula is C16H22BrN3O4S. The van der Waals surface area contributed by atoms with Crippen molar-refractivity contribution in [2.75, 3.05) is 31.2 Å². The number of halogens is 1. The summed E-state index contributed by atoms with van der Waals surface area (Å²) < 4.78 is 25.2. The lowest BCUT2D eigenvalue weighted by Crippen LogP contribution is -2.44. The van der Waals surface area contributed by atoms with Crippen molar-refractivity contribution in [1.29, 1.82) is 0 Å². The molecule has 2 N–H and O–H groups in total. The first-order valence-electron chi connectivity index (χ1n) is 7.95. The molecule has 25 heavy (non-hydrogen) atoms. The predicted molar refractivity (Wildman–Crippen MR) is 99.7 cm³/mol. The fourth-order valence-electron chi connectivity index (χ4n) is 2.72. The van der Waals surface area contributed by atoms with Gasteiger partial charge in [0, 0.05) is 29.2 Å². The van der Waals surface area contributed by atoms with E-state index in [-0.39, 0.29) is 24.3 Å². The van der Waals surface area contributed by atoms with Gasteiger partial charge in [-0.05, 0) is 43.5 Å². The zero-order valence-corrected chi connectivity index (χ0v) is 16.6. The van der Waals surface area contributed by atoms with E-state index >= 15 is 0 Å². The first-order valence-corrected chi connectivity index (χ1v) is 10.6. The van der Waals surface area contributed by atoms with Gasteiger partial charge in [0.25, 0.3) is 0 Å². The molecule has 1 fully saturated rings. The lowest BCUT2D eigenvalue weighted by atomic mass is 9.97. The zero-order chi connectivity index (χ0) is 18.6. The Hall–Kier alpha value is -1.45. The molecule has 1 aliphatic rings. The van der Waals surface area contributed by atoms with Gasteiger partial charge in [-0.3, -0.25) is 9.59 Å². The Labute approximate surface area is 156 Å². The Morgan fingerprint density at radius 3 is 2.48 bits per heavy atom. The van der Waals surface area contributed by atoms with Gasteiger partial charge < -0.3 is 10.6 Å². The molecule has 0 aliphatic carbocycles. The van der Waals surface area contributed by atoms with Gasteiger partial charge in [0.15, 0.2) is 0 Å². The molecule has 0 atom stereocenters. The summed E-state index contributed by atoms with van der Waals surface area (Å²) in [6, 6.07) is 5.51. The number of sulfonamides is 1. The van der Waals surface area contributed by atoms with Crippen molar-refractivity contribution in [3.05, 3.63) is 28.2 Å². The third-order valence-corrected chi connectivity index (χ3v) is 5.98. The number of aryl methyl sites for hydroxylation is 1. The van der Waals surface area contributed by atoms with E-state index in [4.69, 9.17) is 0 Å². The monoisotopic (exact) mass is 431 g/mol. The summed E-state index contributed by atoms with van der Waals surface area (Å²) >= 11 is 3.36. The molecule has 0 aromatic heterocycles.